The number of hydrogen-bond acceptors (Lipinski definition) is 5. The number of rotatable bonds is 12. The van der Waals surface area contributed by atoms with Gasteiger partial charge in [-0.1, -0.05) is 76.8 Å². The molecule has 4 aromatic rings. The lowest BCUT2D eigenvalue weighted by molar-refractivity contribution is 0.356. The molecule has 0 bridgehead atoms. The summed E-state index contributed by atoms with van der Waals surface area (Å²) in [5, 5.41) is 4.64. The van der Waals surface area contributed by atoms with Crippen LogP contribution in [0.15, 0.2) is 59.8 Å². The topological polar surface area (TPSA) is 89.2 Å². The second kappa shape index (κ2) is 14.1. The lowest BCUT2D eigenvalue weighted by Crippen LogP contribution is -2.13. The number of nitrogens with zero attached hydrogens (tertiary/aromatic N) is 4. The van der Waals surface area contributed by atoms with Crippen molar-refractivity contribution in [2.75, 3.05) is 4.72 Å². The van der Waals surface area contributed by atoms with Crippen LogP contribution in [-0.2, 0) is 10.0 Å². The van der Waals surface area contributed by atoms with Crippen molar-refractivity contribution >= 4 is 33.0 Å². The fraction of sp³-hybridized carbons (Fsp3) is 0.406. The molecule has 42 heavy (non-hydrogen) atoms. The van der Waals surface area contributed by atoms with Crippen LogP contribution in [0.25, 0.3) is 16.9 Å². The Morgan fingerprint density at radius 2 is 1.62 bits per heavy atom. The summed E-state index contributed by atoms with van der Waals surface area (Å²) in [5.74, 6) is 5.90. The summed E-state index contributed by atoms with van der Waals surface area (Å²) in [6.07, 6.45) is 14.0. The number of pyridine rings is 1. The number of nitrogens with one attached hydrogen (secondary N) is 1. The normalized spacial score (nSPS) is 11.8. The first-order valence-corrected chi connectivity index (χ1v) is 16.2. The van der Waals surface area contributed by atoms with E-state index in [1.807, 2.05) is 6.07 Å². The smallest absolute Gasteiger partial charge is 0.261 e. The number of halogens is 2. The first-order valence-electron chi connectivity index (χ1n) is 14.3. The standard InChI is InChI=1S/C32H37ClFN5O2S/c1-32(2,3)20-12-10-8-6-4-5-7-9-11-13-26-23-35-30-19-18-28(37-39(26)30)24-21-29(31(33)36-22-24)38-42(40,41)27-16-14-25(34)15-17-27/h14-19,21-23,38H,4-10,12,20H2,1-3H3. The van der Waals surface area contributed by atoms with Crippen LogP contribution in [0.2, 0.25) is 5.15 Å². The second-order valence-corrected chi connectivity index (χ2v) is 13.6. The van der Waals surface area contributed by atoms with E-state index in [1.165, 1.54) is 63.3 Å². The summed E-state index contributed by atoms with van der Waals surface area (Å²) < 4.78 is 42.9. The van der Waals surface area contributed by atoms with E-state index in [2.05, 4.69) is 52.4 Å². The van der Waals surface area contributed by atoms with E-state index in [0.717, 1.165) is 25.0 Å². The molecule has 1 N–H and O–H groups in total. The van der Waals surface area contributed by atoms with E-state index in [1.54, 1.807) is 22.8 Å². The molecule has 0 radical (unpaired) electrons. The maximum atomic E-state index is 13.3. The molecule has 3 heterocycles. The molecule has 3 aromatic heterocycles. The van der Waals surface area contributed by atoms with E-state index in [9.17, 15) is 12.8 Å². The Bertz CT molecular complexity index is 1670. The highest BCUT2D eigenvalue weighted by Crippen LogP contribution is 2.28. The predicted octanol–water partition coefficient (Wildman–Crippen LogP) is 8.29. The molecule has 0 aliphatic heterocycles. The van der Waals surface area contributed by atoms with Gasteiger partial charge in [-0.25, -0.2) is 27.3 Å². The molecule has 0 atom stereocenters. The maximum Gasteiger partial charge on any atom is 0.261 e. The van der Waals surface area contributed by atoms with Gasteiger partial charge in [0, 0.05) is 18.2 Å². The maximum absolute atomic E-state index is 13.3. The number of fused-ring (bicyclic) bond motifs is 1. The van der Waals surface area contributed by atoms with Gasteiger partial charge in [-0.2, -0.15) is 5.10 Å². The minimum Gasteiger partial charge on any atom is -0.276 e. The van der Waals surface area contributed by atoms with Crippen LogP contribution in [0.4, 0.5) is 10.1 Å². The van der Waals surface area contributed by atoms with Crippen LogP contribution in [0, 0.1) is 23.1 Å². The van der Waals surface area contributed by atoms with Gasteiger partial charge in [0.05, 0.1) is 22.5 Å². The SMILES string of the molecule is CC(C)(C)CCCCCCCCCC#Cc1cnc2ccc(-c3cnc(Cl)c(NS(=O)(=O)c4ccc(F)cc4)c3)nn12. The van der Waals surface area contributed by atoms with Crippen LogP contribution >= 0.6 is 11.6 Å². The molecule has 1 aromatic carbocycles. The summed E-state index contributed by atoms with van der Waals surface area (Å²) in [7, 11) is -4.01. The van der Waals surface area contributed by atoms with E-state index in [-0.39, 0.29) is 15.7 Å². The van der Waals surface area contributed by atoms with E-state index in [0.29, 0.717) is 28.0 Å². The zero-order valence-electron chi connectivity index (χ0n) is 24.3. The summed E-state index contributed by atoms with van der Waals surface area (Å²) >= 11 is 6.20. The summed E-state index contributed by atoms with van der Waals surface area (Å²) in [5.41, 5.74) is 2.92. The van der Waals surface area contributed by atoms with Gasteiger partial charge in [-0.15, -0.1) is 0 Å². The molecule has 7 nitrogen and oxygen atoms in total. The van der Waals surface area contributed by atoms with Crippen molar-refractivity contribution in [1.82, 2.24) is 19.6 Å². The van der Waals surface area contributed by atoms with Gasteiger partial charge in [0.25, 0.3) is 10.0 Å². The Morgan fingerprint density at radius 1 is 0.929 bits per heavy atom. The predicted molar refractivity (Wildman–Crippen MR) is 166 cm³/mol. The number of anilines is 1. The number of aromatic nitrogens is 4. The fourth-order valence-corrected chi connectivity index (χ4v) is 5.76. The van der Waals surface area contributed by atoms with E-state index < -0.39 is 15.8 Å². The Balaban J connectivity index is 1.36. The van der Waals surface area contributed by atoms with Crippen molar-refractivity contribution in [3.63, 3.8) is 0 Å². The molecule has 0 amide bonds. The molecule has 10 heteroatoms. The average molecular weight is 610 g/mol. The summed E-state index contributed by atoms with van der Waals surface area (Å²) in [4.78, 5) is 8.43. The monoisotopic (exact) mass is 609 g/mol. The largest absolute Gasteiger partial charge is 0.276 e. The molecular formula is C32H37ClFN5O2S. The van der Waals surface area contributed by atoms with Crippen molar-refractivity contribution in [2.24, 2.45) is 5.41 Å². The Morgan fingerprint density at radius 3 is 2.33 bits per heavy atom. The second-order valence-electron chi connectivity index (χ2n) is 11.6. The van der Waals surface area contributed by atoms with Crippen LogP contribution in [0.1, 0.15) is 84.3 Å². The minimum absolute atomic E-state index is 0.0276. The number of benzene rings is 1. The zero-order valence-corrected chi connectivity index (χ0v) is 25.9. The van der Waals surface area contributed by atoms with Crippen molar-refractivity contribution in [3.8, 4) is 23.1 Å². The van der Waals surface area contributed by atoms with Crippen molar-refractivity contribution in [2.45, 2.75) is 83.5 Å². The van der Waals surface area contributed by atoms with Crippen molar-refractivity contribution in [3.05, 3.63) is 71.5 Å². The van der Waals surface area contributed by atoms with Gasteiger partial charge in [0.1, 0.15) is 11.5 Å². The highest BCUT2D eigenvalue weighted by molar-refractivity contribution is 7.92. The number of imidazole rings is 1. The van der Waals surface area contributed by atoms with Crippen molar-refractivity contribution < 1.29 is 12.8 Å². The third-order valence-corrected chi connectivity index (χ3v) is 8.49. The van der Waals surface area contributed by atoms with Gasteiger partial charge >= 0.3 is 0 Å². The average Bonchev–Trinajstić information content (AvgIpc) is 3.34. The van der Waals surface area contributed by atoms with Gasteiger partial charge in [-0.05, 0) is 66.6 Å². The molecular weight excluding hydrogens is 573 g/mol. The molecule has 0 aliphatic rings. The lowest BCUT2D eigenvalue weighted by atomic mass is 9.89. The highest BCUT2D eigenvalue weighted by Gasteiger charge is 2.18. The summed E-state index contributed by atoms with van der Waals surface area (Å²) in [6.45, 7) is 6.91. The fourth-order valence-electron chi connectivity index (χ4n) is 4.50. The Labute approximate surface area is 253 Å². The van der Waals surface area contributed by atoms with Gasteiger partial charge in [0.15, 0.2) is 10.8 Å². The molecule has 0 fully saturated rings. The van der Waals surface area contributed by atoms with E-state index in [4.69, 9.17) is 11.6 Å². The van der Waals surface area contributed by atoms with Gasteiger partial charge in [0.2, 0.25) is 0 Å². The van der Waals surface area contributed by atoms with Crippen LogP contribution < -0.4 is 4.72 Å². The van der Waals surface area contributed by atoms with Crippen LogP contribution in [0.3, 0.4) is 0 Å². The molecule has 0 spiro atoms. The highest BCUT2D eigenvalue weighted by atomic mass is 35.5. The number of unbranched alkanes of at least 4 members (excludes halogenated alkanes) is 7. The molecule has 0 unspecified atom stereocenters. The molecule has 0 saturated carbocycles. The van der Waals surface area contributed by atoms with Gasteiger partial charge < -0.3 is 0 Å². The Kier molecular flexibility index (Phi) is 10.6. The van der Waals surface area contributed by atoms with Gasteiger partial charge in [-0.3, -0.25) is 4.72 Å². The first kappa shape index (κ1) is 31.5. The molecule has 222 valence electrons. The molecule has 0 aliphatic carbocycles. The first-order chi connectivity index (χ1) is 20.0. The van der Waals surface area contributed by atoms with E-state index >= 15 is 0 Å². The molecule has 4 rings (SSSR count). The van der Waals surface area contributed by atoms with Crippen molar-refractivity contribution in [1.29, 1.82) is 0 Å². The quantitative estimate of drug-likeness (QED) is 0.0991. The van der Waals surface area contributed by atoms with Crippen LogP contribution in [-0.4, -0.2) is 28.0 Å². The Hall–Kier alpha value is -3.48. The number of sulfonamides is 1. The zero-order chi connectivity index (χ0) is 30.2. The molecule has 0 saturated heterocycles. The third-order valence-electron chi connectivity index (χ3n) is 6.81. The van der Waals surface area contributed by atoms with Crippen LogP contribution in [0.5, 0.6) is 0 Å². The lowest BCUT2D eigenvalue weighted by Gasteiger charge is -2.17. The summed E-state index contributed by atoms with van der Waals surface area (Å²) in [6, 6.07) is 9.64. The number of hydrogen-bond donors (Lipinski definition) is 1. The third kappa shape index (κ3) is 9.01. The minimum atomic E-state index is -4.01.